The molecular formula is C10H17N3O2S. The Bertz CT molecular complexity index is 352. The number of aromatic nitrogens is 3. The molecule has 0 aliphatic rings. The van der Waals surface area contributed by atoms with Crippen molar-refractivity contribution in [3.63, 3.8) is 0 Å². The van der Waals surface area contributed by atoms with Crippen LogP contribution in [0.15, 0.2) is 6.33 Å². The van der Waals surface area contributed by atoms with Crippen molar-refractivity contribution in [2.24, 2.45) is 5.92 Å². The van der Waals surface area contributed by atoms with E-state index >= 15 is 0 Å². The molecule has 1 heterocycles. The zero-order valence-electron chi connectivity index (χ0n) is 9.75. The molecule has 1 unspecified atom stereocenters. The summed E-state index contributed by atoms with van der Waals surface area (Å²) in [6, 6.07) is 0. The quantitative estimate of drug-likeness (QED) is 0.822. The van der Waals surface area contributed by atoms with Crippen molar-refractivity contribution in [1.29, 1.82) is 0 Å². The lowest BCUT2D eigenvalue weighted by Crippen LogP contribution is -2.14. The SMILES string of the molecule is CC(C)Cn1ncnc1CSC(C)C(=O)O. The van der Waals surface area contributed by atoms with Crippen LogP contribution < -0.4 is 0 Å². The molecule has 0 aromatic carbocycles. The number of carbonyl (C=O) groups is 1. The van der Waals surface area contributed by atoms with Crippen molar-refractivity contribution in [3.05, 3.63) is 12.2 Å². The second-order valence-corrected chi connectivity index (χ2v) is 5.37. The van der Waals surface area contributed by atoms with Gasteiger partial charge in [-0.1, -0.05) is 13.8 Å². The topological polar surface area (TPSA) is 68.0 Å². The minimum Gasteiger partial charge on any atom is -0.480 e. The second kappa shape index (κ2) is 5.89. The van der Waals surface area contributed by atoms with Crippen molar-refractivity contribution in [2.75, 3.05) is 0 Å². The van der Waals surface area contributed by atoms with Gasteiger partial charge in [-0.25, -0.2) is 9.67 Å². The van der Waals surface area contributed by atoms with Gasteiger partial charge in [0, 0.05) is 6.54 Å². The molecule has 16 heavy (non-hydrogen) atoms. The summed E-state index contributed by atoms with van der Waals surface area (Å²) in [5.41, 5.74) is 0. The van der Waals surface area contributed by atoms with Gasteiger partial charge in [-0.3, -0.25) is 4.79 Å². The fraction of sp³-hybridized carbons (Fsp3) is 0.700. The number of thioether (sulfide) groups is 1. The van der Waals surface area contributed by atoms with Crippen LogP contribution in [0.2, 0.25) is 0 Å². The number of nitrogens with zero attached hydrogens (tertiary/aromatic N) is 3. The lowest BCUT2D eigenvalue weighted by molar-refractivity contribution is -0.136. The standard InChI is InChI=1S/C10H17N3O2S/c1-7(2)4-13-9(11-6-12-13)5-16-8(3)10(14)15/h6-8H,4-5H2,1-3H3,(H,14,15). The summed E-state index contributed by atoms with van der Waals surface area (Å²) in [7, 11) is 0. The zero-order chi connectivity index (χ0) is 12.1. The van der Waals surface area contributed by atoms with Gasteiger partial charge >= 0.3 is 5.97 Å². The molecule has 0 spiro atoms. The summed E-state index contributed by atoms with van der Waals surface area (Å²) >= 11 is 1.36. The van der Waals surface area contributed by atoms with Gasteiger partial charge in [-0.05, 0) is 12.8 Å². The molecule has 6 heteroatoms. The van der Waals surface area contributed by atoms with E-state index < -0.39 is 11.2 Å². The van der Waals surface area contributed by atoms with E-state index in [0.717, 1.165) is 12.4 Å². The largest absolute Gasteiger partial charge is 0.480 e. The molecule has 1 atom stereocenters. The van der Waals surface area contributed by atoms with Crippen LogP contribution in [0.1, 0.15) is 26.6 Å². The molecule has 5 nitrogen and oxygen atoms in total. The van der Waals surface area contributed by atoms with Gasteiger partial charge in [0.1, 0.15) is 12.2 Å². The number of hydrogen-bond acceptors (Lipinski definition) is 4. The van der Waals surface area contributed by atoms with Crippen LogP contribution in [0, 0.1) is 5.92 Å². The van der Waals surface area contributed by atoms with Gasteiger partial charge in [0.15, 0.2) is 0 Å². The Morgan fingerprint density at radius 2 is 2.25 bits per heavy atom. The maximum atomic E-state index is 10.7. The van der Waals surface area contributed by atoms with Gasteiger partial charge in [0.2, 0.25) is 0 Å². The number of carboxylic acid groups (broad SMARTS) is 1. The molecule has 0 radical (unpaired) electrons. The van der Waals surface area contributed by atoms with Crippen LogP contribution in [-0.2, 0) is 17.1 Å². The van der Waals surface area contributed by atoms with E-state index in [9.17, 15) is 4.79 Å². The Morgan fingerprint density at radius 3 is 2.81 bits per heavy atom. The van der Waals surface area contributed by atoms with E-state index in [4.69, 9.17) is 5.11 Å². The lowest BCUT2D eigenvalue weighted by atomic mass is 10.2. The first kappa shape index (κ1) is 13.0. The van der Waals surface area contributed by atoms with E-state index in [0.29, 0.717) is 11.7 Å². The third-order valence-electron chi connectivity index (χ3n) is 2.04. The monoisotopic (exact) mass is 243 g/mol. The summed E-state index contributed by atoms with van der Waals surface area (Å²) < 4.78 is 1.84. The minimum atomic E-state index is -0.792. The average Bonchev–Trinajstić information content (AvgIpc) is 2.60. The van der Waals surface area contributed by atoms with Crippen LogP contribution in [0.3, 0.4) is 0 Å². The number of carboxylic acids is 1. The van der Waals surface area contributed by atoms with Crippen LogP contribution >= 0.6 is 11.8 Å². The molecule has 1 N–H and O–H groups in total. The summed E-state index contributed by atoms with van der Waals surface area (Å²) in [4.78, 5) is 14.8. The van der Waals surface area contributed by atoms with Gasteiger partial charge in [0.25, 0.3) is 0 Å². The predicted octanol–water partition coefficient (Wildman–Crippen LogP) is 1.64. The normalized spacial score (nSPS) is 13.0. The molecule has 90 valence electrons. The highest BCUT2D eigenvalue weighted by molar-refractivity contribution is 7.99. The van der Waals surface area contributed by atoms with Gasteiger partial charge in [-0.15, -0.1) is 11.8 Å². The third kappa shape index (κ3) is 3.84. The Hall–Kier alpha value is -1.04. The minimum absolute atomic E-state index is 0.413. The first-order valence-corrected chi connectivity index (χ1v) is 6.26. The Kier molecular flexibility index (Phi) is 4.79. The zero-order valence-corrected chi connectivity index (χ0v) is 10.6. The molecule has 1 aromatic heterocycles. The number of rotatable bonds is 6. The van der Waals surface area contributed by atoms with Gasteiger partial charge in [-0.2, -0.15) is 5.10 Å². The van der Waals surface area contributed by atoms with Crippen molar-refractivity contribution in [1.82, 2.24) is 14.8 Å². The summed E-state index contributed by atoms with van der Waals surface area (Å²) in [6.45, 7) is 6.71. The smallest absolute Gasteiger partial charge is 0.316 e. The molecule has 0 saturated carbocycles. The highest BCUT2D eigenvalue weighted by atomic mass is 32.2. The molecule has 0 bridgehead atoms. The van der Waals surface area contributed by atoms with Crippen molar-refractivity contribution in [2.45, 2.75) is 38.3 Å². The molecule has 0 aliphatic carbocycles. The molecule has 1 rings (SSSR count). The van der Waals surface area contributed by atoms with Crippen LogP contribution in [0.5, 0.6) is 0 Å². The molecule has 0 fully saturated rings. The maximum absolute atomic E-state index is 10.7. The average molecular weight is 243 g/mol. The summed E-state index contributed by atoms with van der Waals surface area (Å²) in [5, 5.41) is 12.5. The van der Waals surface area contributed by atoms with Gasteiger partial charge < -0.3 is 5.11 Å². The van der Waals surface area contributed by atoms with Crippen LogP contribution in [0.4, 0.5) is 0 Å². The lowest BCUT2D eigenvalue weighted by Gasteiger charge is -2.09. The molecular weight excluding hydrogens is 226 g/mol. The molecule has 0 aliphatic heterocycles. The first-order valence-electron chi connectivity index (χ1n) is 5.21. The molecule has 1 aromatic rings. The van der Waals surface area contributed by atoms with E-state index in [-0.39, 0.29) is 0 Å². The predicted molar refractivity (Wildman–Crippen MR) is 63.3 cm³/mol. The van der Waals surface area contributed by atoms with Gasteiger partial charge in [0.05, 0.1) is 11.0 Å². The Labute approximate surface area is 99.3 Å². The Morgan fingerprint density at radius 1 is 1.56 bits per heavy atom. The van der Waals surface area contributed by atoms with E-state index in [1.807, 2.05) is 4.68 Å². The highest BCUT2D eigenvalue weighted by Gasteiger charge is 2.13. The van der Waals surface area contributed by atoms with Crippen LogP contribution in [0.25, 0.3) is 0 Å². The van der Waals surface area contributed by atoms with Crippen molar-refractivity contribution in [3.8, 4) is 0 Å². The fourth-order valence-corrected chi connectivity index (χ4v) is 1.93. The maximum Gasteiger partial charge on any atom is 0.316 e. The molecule has 0 amide bonds. The number of aliphatic carboxylic acids is 1. The Balaban J connectivity index is 2.53. The summed E-state index contributed by atoms with van der Waals surface area (Å²) in [6.07, 6.45) is 1.52. The molecule has 0 saturated heterocycles. The van der Waals surface area contributed by atoms with Crippen LogP contribution in [-0.4, -0.2) is 31.1 Å². The second-order valence-electron chi connectivity index (χ2n) is 4.04. The van der Waals surface area contributed by atoms with E-state index in [1.54, 1.807) is 6.92 Å². The number of hydrogen-bond donors (Lipinski definition) is 1. The van der Waals surface area contributed by atoms with E-state index in [1.165, 1.54) is 18.1 Å². The van der Waals surface area contributed by atoms with E-state index in [2.05, 4.69) is 23.9 Å². The van der Waals surface area contributed by atoms with Crippen molar-refractivity contribution >= 4 is 17.7 Å². The highest BCUT2D eigenvalue weighted by Crippen LogP contribution is 2.16. The fourth-order valence-electron chi connectivity index (χ4n) is 1.17. The summed E-state index contributed by atoms with van der Waals surface area (Å²) in [5.74, 6) is 1.13. The van der Waals surface area contributed by atoms with Crippen molar-refractivity contribution < 1.29 is 9.90 Å². The first-order chi connectivity index (χ1) is 7.50. The third-order valence-corrected chi connectivity index (χ3v) is 3.17.